The highest BCUT2D eigenvalue weighted by Gasteiger charge is 2.48. The number of hydrogen-bond acceptors (Lipinski definition) is 3. The monoisotopic (exact) mass is 481 g/mol. The molecule has 5 nitrogen and oxygen atoms in total. The van der Waals surface area contributed by atoms with E-state index in [2.05, 4.69) is 33.0 Å². The SMILES string of the molecule is O=C1C2CN(CCc3ccc(Br)cc3)CCN2C(=O)N1c1cc(Cl)cc(Cl)c1. The second-order valence-electron chi connectivity index (χ2n) is 6.97. The number of fused-ring (bicyclic) bond motifs is 1. The first-order valence-corrected chi connectivity index (χ1v) is 10.5. The van der Waals surface area contributed by atoms with Crippen molar-refractivity contribution in [2.24, 2.45) is 0 Å². The number of halogens is 3. The standard InChI is InChI=1S/C20H18BrCl2N3O2/c21-14-3-1-13(2-4-14)5-6-24-7-8-25-18(12-24)19(27)26(20(25)28)17-10-15(22)9-16(23)11-17/h1-4,9-11,18H,5-8,12H2. The summed E-state index contributed by atoms with van der Waals surface area (Å²) in [5.41, 5.74) is 1.66. The second kappa shape index (κ2) is 8.03. The number of benzene rings is 2. The van der Waals surface area contributed by atoms with Crippen molar-refractivity contribution in [2.75, 3.05) is 31.1 Å². The number of carbonyl (C=O) groups excluding carboxylic acids is 2. The van der Waals surface area contributed by atoms with E-state index in [0.29, 0.717) is 28.8 Å². The number of nitrogens with zero attached hydrogens (tertiary/aromatic N) is 3. The molecule has 28 heavy (non-hydrogen) atoms. The van der Waals surface area contributed by atoms with Crippen LogP contribution in [0, 0.1) is 0 Å². The summed E-state index contributed by atoms with van der Waals surface area (Å²) in [5, 5.41) is 0.785. The highest BCUT2D eigenvalue weighted by molar-refractivity contribution is 9.10. The predicted octanol–water partition coefficient (Wildman–Crippen LogP) is 4.45. The van der Waals surface area contributed by atoms with E-state index in [1.165, 1.54) is 10.5 Å². The van der Waals surface area contributed by atoms with Gasteiger partial charge in [-0.15, -0.1) is 0 Å². The first-order valence-electron chi connectivity index (χ1n) is 9.00. The highest BCUT2D eigenvalue weighted by Crippen LogP contribution is 2.31. The van der Waals surface area contributed by atoms with Crippen LogP contribution in [0.5, 0.6) is 0 Å². The van der Waals surface area contributed by atoms with Gasteiger partial charge in [0.25, 0.3) is 5.91 Å². The third kappa shape index (κ3) is 3.92. The molecule has 2 fully saturated rings. The molecule has 0 spiro atoms. The molecule has 1 atom stereocenters. The van der Waals surface area contributed by atoms with Crippen molar-refractivity contribution in [1.82, 2.24) is 9.80 Å². The van der Waals surface area contributed by atoms with E-state index in [-0.39, 0.29) is 11.9 Å². The minimum Gasteiger partial charge on any atom is -0.309 e. The molecule has 0 N–H and O–H groups in total. The van der Waals surface area contributed by atoms with Crippen molar-refractivity contribution in [2.45, 2.75) is 12.5 Å². The summed E-state index contributed by atoms with van der Waals surface area (Å²) < 4.78 is 1.06. The molecule has 2 heterocycles. The number of anilines is 1. The molecule has 0 saturated carbocycles. The van der Waals surface area contributed by atoms with Gasteiger partial charge in [0, 0.05) is 40.7 Å². The molecule has 2 aromatic rings. The van der Waals surface area contributed by atoms with Gasteiger partial charge >= 0.3 is 6.03 Å². The fraction of sp³-hybridized carbons (Fsp3) is 0.300. The van der Waals surface area contributed by atoms with Gasteiger partial charge in [-0.25, -0.2) is 9.69 Å². The topological polar surface area (TPSA) is 43.9 Å². The Morgan fingerprint density at radius 1 is 1.00 bits per heavy atom. The zero-order chi connectivity index (χ0) is 19.8. The number of hydrogen-bond donors (Lipinski definition) is 0. The summed E-state index contributed by atoms with van der Waals surface area (Å²) in [4.78, 5) is 30.9. The van der Waals surface area contributed by atoms with Crippen LogP contribution >= 0.6 is 39.1 Å². The van der Waals surface area contributed by atoms with Crippen LogP contribution < -0.4 is 4.90 Å². The molecule has 2 aliphatic heterocycles. The first-order chi connectivity index (χ1) is 13.4. The summed E-state index contributed by atoms with van der Waals surface area (Å²) in [5.74, 6) is -0.225. The normalized spacial score (nSPS) is 20.0. The van der Waals surface area contributed by atoms with Crippen molar-refractivity contribution < 1.29 is 9.59 Å². The van der Waals surface area contributed by atoms with Crippen LogP contribution in [0.3, 0.4) is 0 Å². The van der Waals surface area contributed by atoms with Crippen LogP contribution in [0.4, 0.5) is 10.5 Å². The molecule has 3 amide bonds. The lowest BCUT2D eigenvalue weighted by Gasteiger charge is -2.35. The average molecular weight is 483 g/mol. The quantitative estimate of drug-likeness (QED) is 0.604. The Kier molecular flexibility index (Phi) is 5.65. The summed E-state index contributed by atoms with van der Waals surface area (Å²) in [7, 11) is 0. The Morgan fingerprint density at radius 2 is 1.68 bits per heavy atom. The van der Waals surface area contributed by atoms with Crippen molar-refractivity contribution >= 4 is 56.8 Å². The molecule has 2 saturated heterocycles. The zero-order valence-electron chi connectivity index (χ0n) is 14.9. The highest BCUT2D eigenvalue weighted by atomic mass is 79.9. The summed E-state index contributed by atoms with van der Waals surface area (Å²) in [6.07, 6.45) is 0.899. The number of rotatable bonds is 4. The maximum Gasteiger partial charge on any atom is 0.332 e. The number of amides is 3. The maximum absolute atomic E-state index is 13.0. The van der Waals surface area contributed by atoms with Crippen LogP contribution in [-0.4, -0.2) is 54.0 Å². The zero-order valence-corrected chi connectivity index (χ0v) is 18.0. The van der Waals surface area contributed by atoms with Gasteiger partial charge in [0.1, 0.15) is 6.04 Å². The lowest BCUT2D eigenvalue weighted by atomic mass is 10.1. The van der Waals surface area contributed by atoms with Gasteiger partial charge < -0.3 is 4.90 Å². The Balaban J connectivity index is 1.46. The summed E-state index contributed by atoms with van der Waals surface area (Å²) >= 11 is 15.5. The molecular formula is C20H18BrCl2N3O2. The Bertz CT molecular complexity index is 902. The molecule has 0 aromatic heterocycles. The largest absolute Gasteiger partial charge is 0.332 e. The molecule has 4 rings (SSSR count). The van der Waals surface area contributed by atoms with Gasteiger partial charge in [0.05, 0.1) is 5.69 Å². The van der Waals surface area contributed by atoms with Crippen LogP contribution in [-0.2, 0) is 11.2 Å². The molecule has 146 valence electrons. The van der Waals surface area contributed by atoms with Crippen LogP contribution in [0.15, 0.2) is 46.9 Å². The molecular weight excluding hydrogens is 465 g/mol. The van der Waals surface area contributed by atoms with Gasteiger partial charge in [0.2, 0.25) is 0 Å². The minimum atomic E-state index is -0.469. The fourth-order valence-electron chi connectivity index (χ4n) is 3.70. The smallest absolute Gasteiger partial charge is 0.309 e. The predicted molar refractivity (Wildman–Crippen MR) is 114 cm³/mol. The molecule has 0 aliphatic carbocycles. The second-order valence-corrected chi connectivity index (χ2v) is 8.76. The third-order valence-corrected chi connectivity index (χ3v) is 6.11. The summed E-state index contributed by atoms with van der Waals surface area (Å²) in [6, 6.07) is 12.2. The Morgan fingerprint density at radius 3 is 2.36 bits per heavy atom. The lowest BCUT2D eigenvalue weighted by molar-refractivity contribution is -0.121. The summed E-state index contributed by atoms with van der Waals surface area (Å²) in [6.45, 7) is 2.65. The maximum atomic E-state index is 13.0. The van der Waals surface area contributed by atoms with Crippen LogP contribution in [0.2, 0.25) is 10.0 Å². The van der Waals surface area contributed by atoms with E-state index in [0.717, 1.165) is 24.0 Å². The van der Waals surface area contributed by atoms with Gasteiger partial charge in [-0.05, 0) is 42.3 Å². The molecule has 0 radical (unpaired) electrons. The number of imide groups is 1. The van der Waals surface area contributed by atoms with Crippen molar-refractivity contribution in [3.63, 3.8) is 0 Å². The number of carbonyl (C=O) groups is 2. The van der Waals surface area contributed by atoms with E-state index in [4.69, 9.17) is 23.2 Å². The van der Waals surface area contributed by atoms with Gasteiger partial charge in [-0.1, -0.05) is 51.3 Å². The molecule has 2 aliphatic rings. The minimum absolute atomic E-state index is 0.225. The van der Waals surface area contributed by atoms with E-state index in [1.807, 2.05) is 12.1 Å². The van der Waals surface area contributed by atoms with E-state index < -0.39 is 6.04 Å². The van der Waals surface area contributed by atoms with Crippen molar-refractivity contribution in [3.8, 4) is 0 Å². The molecule has 2 aromatic carbocycles. The lowest BCUT2D eigenvalue weighted by Crippen LogP contribution is -2.53. The van der Waals surface area contributed by atoms with Gasteiger partial charge in [0.15, 0.2) is 0 Å². The Hall–Kier alpha value is -1.60. The average Bonchev–Trinajstić information content (AvgIpc) is 2.91. The van der Waals surface area contributed by atoms with Crippen molar-refractivity contribution in [1.29, 1.82) is 0 Å². The van der Waals surface area contributed by atoms with Crippen LogP contribution in [0.25, 0.3) is 0 Å². The molecule has 1 unspecified atom stereocenters. The third-order valence-electron chi connectivity index (χ3n) is 5.14. The fourth-order valence-corrected chi connectivity index (χ4v) is 4.48. The molecule has 0 bridgehead atoms. The van der Waals surface area contributed by atoms with E-state index in [9.17, 15) is 9.59 Å². The van der Waals surface area contributed by atoms with Crippen molar-refractivity contribution in [3.05, 3.63) is 62.5 Å². The number of piperazine rings is 1. The van der Waals surface area contributed by atoms with Crippen LogP contribution in [0.1, 0.15) is 5.56 Å². The van der Waals surface area contributed by atoms with E-state index in [1.54, 1.807) is 23.1 Å². The van der Waals surface area contributed by atoms with Gasteiger partial charge in [-0.2, -0.15) is 0 Å². The Labute approximate surface area is 181 Å². The first kappa shape index (κ1) is 19.7. The van der Waals surface area contributed by atoms with E-state index >= 15 is 0 Å². The van der Waals surface area contributed by atoms with Gasteiger partial charge in [-0.3, -0.25) is 9.69 Å². The number of urea groups is 1. The molecule has 8 heteroatoms.